The van der Waals surface area contributed by atoms with Crippen molar-refractivity contribution < 1.29 is 9.53 Å². The highest BCUT2D eigenvalue weighted by atomic mass is 35.5. The second-order valence-electron chi connectivity index (χ2n) is 8.81. The highest BCUT2D eigenvalue weighted by Crippen LogP contribution is 2.32. The van der Waals surface area contributed by atoms with Crippen molar-refractivity contribution in [3.63, 3.8) is 0 Å². The Kier molecular flexibility index (Phi) is 10.5. The molecule has 0 aromatic carbocycles. The molecule has 4 rings (SSSR count). The number of likely N-dealkylation sites (N-methyl/N-ethyl adjacent to an activating group) is 1. The molecule has 3 aliphatic rings. The lowest BCUT2D eigenvalue weighted by molar-refractivity contribution is -0.153. The van der Waals surface area contributed by atoms with E-state index in [0.29, 0.717) is 19.1 Å². The minimum absolute atomic E-state index is 0. The van der Waals surface area contributed by atoms with Gasteiger partial charge in [-0.15, -0.1) is 24.8 Å². The van der Waals surface area contributed by atoms with Gasteiger partial charge < -0.3 is 19.9 Å². The van der Waals surface area contributed by atoms with E-state index in [1.54, 1.807) is 0 Å². The van der Waals surface area contributed by atoms with Crippen molar-refractivity contribution in [3.8, 4) is 0 Å². The van der Waals surface area contributed by atoms with Crippen LogP contribution in [-0.4, -0.2) is 103 Å². The summed E-state index contributed by atoms with van der Waals surface area (Å²) in [6.07, 6.45) is 6.98. The molecule has 1 N–H and O–H groups in total. The predicted molar refractivity (Wildman–Crippen MR) is 126 cm³/mol. The van der Waals surface area contributed by atoms with E-state index in [1.807, 2.05) is 24.1 Å². The third kappa shape index (κ3) is 6.55. The largest absolute Gasteiger partial charge is 0.373 e. The summed E-state index contributed by atoms with van der Waals surface area (Å²) < 4.78 is 8.12. The monoisotopic (exact) mass is 476 g/mol. The predicted octanol–water partition coefficient (Wildman–Crippen LogP) is 1.17. The molecule has 1 aromatic heterocycles. The van der Waals surface area contributed by atoms with Gasteiger partial charge in [0.1, 0.15) is 0 Å². The van der Waals surface area contributed by atoms with E-state index in [0.717, 1.165) is 64.2 Å². The molecule has 3 fully saturated rings. The van der Waals surface area contributed by atoms with Crippen LogP contribution in [-0.2, 0) is 16.6 Å². The molecule has 178 valence electrons. The van der Waals surface area contributed by atoms with Gasteiger partial charge in [0.25, 0.3) is 0 Å². The van der Waals surface area contributed by atoms with Gasteiger partial charge in [-0.2, -0.15) is 5.10 Å². The normalized spacial score (nSPS) is 26.6. The molecule has 3 saturated heterocycles. The molecule has 0 bridgehead atoms. The first-order valence-electron chi connectivity index (χ1n) is 11.1. The van der Waals surface area contributed by atoms with E-state index in [9.17, 15) is 4.79 Å². The third-order valence-corrected chi connectivity index (χ3v) is 6.64. The first-order chi connectivity index (χ1) is 14.1. The van der Waals surface area contributed by atoms with Crippen LogP contribution < -0.4 is 5.32 Å². The van der Waals surface area contributed by atoms with Crippen molar-refractivity contribution in [3.05, 3.63) is 18.0 Å². The van der Waals surface area contributed by atoms with Gasteiger partial charge in [-0.25, -0.2) is 0 Å². The van der Waals surface area contributed by atoms with E-state index in [2.05, 4.69) is 32.2 Å². The second-order valence-corrected chi connectivity index (χ2v) is 8.81. The number of nitrogens with zero attached hydrogens (tertiary/aromatic N) is 5. The maximum atomic E-state index is 13.5. The van der Waals surface area contributed by atoms with Crippen LogP contribution in [0.15, 0.2) is 12.4 Å². The second kappa shape index (κ2) is 12.4. The molecular formula is C21H38Cl2N6O2. The van der Waals surface area contributed by atoms with Crippen LogP contribution in [0.3, 0.4) is 0 Å². The van der Waals surface area contributed by atoms with Crippen LogP contribution >= 0.6 is 24.8 Å². The van der Waals surface area contributed by atoms with Gasteiger partial charge in [-0.3, -0.25) is 14.4 Å². The van der Waals surface area contributed by atoms with Gasteiger partial charge in [0.05, 0.1) is 24.9 Å². The molecule has 0 spiro atoms. The number of hydrogen-bond donors (Lipinski definition) is 1. The molecule has 1 amide bonds. The van der Waals surface area contributed by atoms with E-state index in [-0.39, 0.29) is 42.9 Å². The summed E-state index contributed by atoms with van der Waals surface area (Å²) in [7, 11) is 4.13. The van der Waals surface area contributed by atoms with Crippen LogP contribution in [0.5, 0.6) is 0 Å². The van der Waals surface area contributed by atoms with Gasteiger partial charge >= 0.3 is 0 Å². The third-order valence-electron chi connectivity index (χ3n) is 6.64. The zero-order chi connectivity index (χ0) is 20.2. The van der Waals surface area contributed by atoms with Gasteiger partial charge in [-0.05, 0) is 52.5 Å². The minimum Gasteiger partial charge on any atom is -0.373 e. The molecule has 1 aromatic rings. The fourth-order valence-corrected chi connectivity index (χ4v) is 4.96. The Bertz CT molecular complexity index is 685. The lowest BCUT2D eigenvalue weighted by Gasteiger charge is -2.44. The van der Waals surface area contributed by atoms with Gasteiger partial charge in [0, 0.05) is 50.9 Å². The number of amides is 1. The van der Waals surface area contributed by atoms with Crippen LogP contribution in [0.25, 0.3) is 0 Å². The van der Waals surface area contributed by atoms with Gasteiger partial charge in [0.2, 0.25) is 5.91 Å². The van der Waals surface area contributed by atoms with Crippen molar-refractivity contribution in [1.29, 1.82) is 0 Å². The van der Waals surface area contributed by atoms with E-state index in [4.69, 9.17) is 4.74 Å². The smallest absolute Gasteiger partial charge is 0.226 e. The minimum atomic E-state index is -0.0548. The number of nitrogens with one attached hydrogen (secondary N) is 1. The van der Waals surface area contributed by atoms with Gasteiger partial charge in [-0.1, -0.05) is 0 Å². The topological polar surface area (TPSA) is 65.9 Å². The summed E-state index contributed by atoms with van der Waals surface area (Å²) in [5, 5.41) is 7.77. The molecule has 0 saturated carbocycles. The average molecular weight is 477 g/mol. The van der Waals surface area contributed by atoms with Crippen molar-refractivity contribution in [2.24, 2.45) is 13.0 Å². The zero-order valence-corrected chi connectivity index (χ0v) is 20.4. The summed E-state index contributed by atoms with van der Waals surface area (Å²) in [5.41, 5.74) is 1.09. The number of aryl methyl sites for hydroxylation is 1. The fourth-order valence-electron chi connectivity index (χ4n) is 4.96. The molecule has 8 nitrogen and oxygen atoms in total. The number of piperidine rings is 1. The number of ether oxygens (including phenoxy) is 1. The quantitative estimate of drug-likeness (QED) is 0.703. The molecule has 0 radical (unpaired) electrons. The zero-order valence-electron chi connectivity index (χ0n) is 18.7. The Hall–Kier alpha value is -0.900. The summed E-state index contributed by atoms with van der Waals surface area (Å²) >= 11 is 0. The Labute approximate surface area is 198 Å². The first-order valence-corrected chi connectivity index (χ1v) is 11.1. The van der Waals surface area contributed by atoms with E-state index >= 15 is 0 Å². The van der Waals surface area contributed by atoms with Crippen LogP contribution in [0.1, 0.15) is 30.9 Å². The van der Waals surface area contributed by atoms with Gasteiger partial charge in [0.15, 0.2) is 0 Å². The summed E-state index contributed by atoms with van der Waals surface area (Å²) in [5.74, 6) is 0.422. The van der Waals surface area contributed by atoms with E-state index in [1.165, 1.54) is 6.42 Å². The molecule has 31 heavy (non-hydrogen) atoms. The first kappa shape index (κ1) is 26.4. The average Bonchev–Trinajstić information content (AvgIpc) is 3.06. The van der Waals surface area contributed by atoms with Crippen molar-refractivity contribution in [2.75, 3.05) is 66.0 Å². The molecule has 0 unspecified atom stereocenters. The number of carbonyl (C=O) groups is 1. The Morgan fingerprint density at radius 3 is 2.61 bits per heavy atom. The highest BCUT2D eigenvalue weighted by molar-refractivity contribution is 5.85. The summed E-state index contributed by atoms with van der Waals surface area (Å²) in [6.45, 7) is 8.39. The van der Waals surface area contributed by atoms with Crippen molar-refractivity contribution in [2.45, 2.75) is 31.4 Å². The van der Waals surface area contributed by atoms with Crippen LogP contribution in [0.4, 0.5) is 0 Å². The standard InChI is InChI=1S/C21H36N6O2.2ClH/c1-24-8-3-9-26(11-10-24)16-19-20(18-14-23-25(2)15-18)27(12-13-29-19)21(28)17-4-6-22-7-5-17;;/h14-15,17,19-20,22H,3-13,16H2,1-2H3;2*1H/t19-,20-;;/m0../s1. The number of carbonyl (C=O) groups excluding carboxylic acids is 1. The lowest BCUT2D eigenvalue weighted by atomic mass is 9.93. The number of morpholine rings is 1. The SMILES string of the molecule is CN1CCCN(C[C@@H]2OCCN(C(=O)C3CCNCC3)[C@H]2c2cnn(C)c2)CC1.Cl.Cl. The Balaban J connectivity index is 0.00000171. The Morgan fingerprint density at radius 2 is 1.90 bits per heavy atom. The summed E-state index contributed by atoms with van der Waals surface area (Å²) in [6, 6.07) is -0.0548. The molecular weight excluding hydrogens is 439 g/mol. The summed E-state index contributed by atoms with van der Waals surface area (Å²) in [4.78, 5) is 20.5. The van der Waals surface area contributed by atoms with Crippen molar-refractivity contribution in [1.82, 2.24) is 29.8 Å². The lowest BCUT2D eigenvalue weighted by Crippen LogP contribution is -2.54. The molecule has 10 heteroatoms. The Morgan fingerprint density at radius 1 is 1.13 bits per heavy atom. The maximum absolute atomic E-state index is 13.5. The molecule has 2 atom stereocenters. The van der Waals surface area contributed by atoms with E-state index < -0.39 is 0 Å². The molecule has 3 aliphatic heterocycles. The van der Waals surface area contributed by atoms with Crippen molar-refractivity contribution >= 4 is 30.7 Å². The highest BCUT2D eigenvalue weighted by Gasteiger charge is 2.40. The maximum Gasteiger partial charge on any atom is 0.226 e. The molecule has 4 heterocycles. The number of hydrogen-bond acceptors (Lipinski definition) is 6. The molecule has 0 aliphatic carbocycles. The number of aromatic nitrogens is 2. The number of rotatable bonds is 4. The van der Waals surface area contributed by atoms with Crippen LogP contribution in [0, 0.1) is 5.92 Å². The fraction of sp³-hybridized carbons (Fsp3) is 0.810. The van der Waals surface area contributed by atoms with Crippen LogP contribution in [0.2, 0.25) is 0 Å². The number of halogens is 2.